The molecule has 198 valence electrons. The van der Waals surface area contributed by atoms with Crippen molar-refractivity contribution < 1.29 is 28.9 Å². The Morgan fingerprint density at radius 3 is 2.32 bits per heavy atom. The highest BCUT2D eigenvalue weighted by molar-refractivity contribution is 6.51. The maximum absolute atomic E-state index is 13.5. The van der Waals surface area contributed by atoms with E-state index in [0.717, 1.165) is 5.56 Å². The molecule has 1 N–H and O–H groups in total. The first kappa shape index (κ1) is 26.8. The van der Waals surface area contributed by atoms with Gasteiger partial charge in [0.05, 0.1) is 30.9 Å². The van der Waals surface area contributed by atoms with Gasteiger partial charge in [-0.15, -0.1) is 0 Å². The minimum absolute atomic E-state index is 0.00192. The summed E-state index contributed by atoms with van der Waals surface area (Å²) in [7, 11) is 0. The van der Waals surface area contributed by atoms with Gasteiger partial charge in [-0.3, -0.25) is 14.5 Å². The van der Waals surface area contributed by atoms with E-state index in [1.165, 1.54) is 4.90 Å². The largest absolute Gasteiger partial charge is 0.507 e. The second-order valence-electron chi connectivity index (χ2n) is 9.25. The molecule has 1 saturated heterocycles. The van der Waals surface area contributed by atoms with Crippen molar-refractivity contribution in [2.45, 2.75) is 46.8 Å². The molecule has 1 heterocycles. The lowest BCUT2D eigenvalue weighted by Crippen LogP contribution is -2.29. The molecule has 1 unspecified atom stereocenters. The minimum Gasteiger partial charge on any atom is -0.507 e. The van der Waals surface area contributed by atoms with Crippen molar-refractivity contribution in [3.8, 4) is 17.2 Å². The van der Waals surface area contributed by atoms with Crippen molar-refractivity contribution >= 4 is 23.1 Å². The predicted molar refractivity (Wildman–Crippen MR) is 147 cm³/mol. The molecule has 0 spiro atoms. The van der Waals surface area contributed by atoms with Gasteiger partial charge in [-0.1, -0.05) is 18.2 Å². The summed E-state index contributed by atoms with van der Waals surface area (Å²) in [6, 6.07) is 18.6. The minimum atomic E-state index is -0.880. The van der Waals surface area contributed by atoms with Crippen molar-refractivity contribution in [1.29, 1.82) is 0 Å². The third-order valence-electron chi connectivity index (χ3n) is 6.15. The third kappa shape index (κ3) is 5.37. The van der Waals surface area contributed by atoms with Gasteiger partial charge in [-0.2, -0.15) is 0 Å². The number of rotatable bonds is 9. The SMILES string of the molecule is CCOc1cccc(N2C(=O)C(=O)/C(=C(/O)c3ccc(OCC)c(C)c3)C2c2cccc(OC(C)C)c2)c1. The van der Waals surface area contributed by atoms with Crippen molar-refractivity contribution in [2.75, 3.05) is 18.1 Å². The topological polar surface area (TPSA) is 85.3 Å². The van der Waals surface area contributed by atoms with Crippen LogP contribution in [0.1, 0.15) is 50.4 Å². The smallest absolute Gasteiger partial charge is 0.300 e. The molecule has 1 aliphatic rings. The first-order chi connectivity index (χ1) is 18.2. The fourth-order valence-electron chi connectivity index (χ4n) is 4.60. The highest BCUT2D eigenvalue weighted by Crippen LogP contribution is 2.43. The summed E-state index contributed by atoms with van der Waals surface area (Å²) in [4.78, 5) is 28.4. The van der Waals surface area contributed by atoms with Crippen LogP contribution in [0.25, 0.3) is 5.76 Å². The van der Waals surface area contributed by atoms with Gasteiger partial charge in [0.2, 0.25) is 0 Å². The van der Waals surface area contributed by atoms with Crippen LogP contribution >= 0.6 is 0 Å². The van der Waals surface area contributed by atoms with E-state index >= 15 is 0 Å². The third-order valence-corrected chi connectivity index (χ3v) is 6.15. The van der Waals surface area contributed by atoms with Crippen LogP contribution in [0, 0.1) is 6.92 Å². The molecular weight excluding hydrogens is 482 g/mol. The van der Waals surface area contributed by atoms with Crippen LogP contribution in [0.3, 0.4) is 0 Å². The van der Waals surface area contributed by atoms with Gasteiger partial charge in [0.15, 0.2) is 0 Å². The Balaban J connectivity index is 1.91. The van der Waals surface area contributed by atoms with Crippen molar-refractivity contribution in [3.63, 3.8) is 0 Å². The molecule has 1 fully saturated rings. The second kappa shape index (κ2) is 11.4. The summed E-state index contributed by atoms with van der Waals surface area (Å²) < 4.78 is 17.2. The number of amides is 1. The zero-order chi connectivity index (χ0) is 27.4. The first-order valence-corrected chi connectivity index (χ1v) is 12.8. The fraction of sp³-hybridized carbons (Fsp3) is 0.290. The van der Waals surface area contributed by atoms with Crippen LogP contribution in [0.2, 0.25) is 0 Å². The molecule has 1 aliphatic heterocycles. The molecule has 7 nitrogen and oxygen atoms in total. The lowest BCUT2D eigenvalue weighted by molar-refractivity contribution is -0.132. The van der Waals surface area contributed by atoms with Crippen LogP contribution in [0.5, 0.6) is 17.2 Å². The number of carbonyl (C=O) groups excluding carboxylic acids is 2. The second-order valence-corrected chi connectivity index (χ2v) is 9.25. The molecule has 3 aromatic carbocycles. The Bertz CT molecular complexity index is 1380. The van der Waals surface area contributed by atoms with Crippen LogP contribution in [-0.2, 0) is 9.59 Å². The molecule has 1 amide bonds. The fourth-order valence-corrected chi connectivity index (χ4v) is 4.60. The van der Waals surface area contributed by atoms with Gasteiger partial charge in [-0.25, -0.2) is 0 Å². The lowest BCUT2D eigenvalue weighted by Gasteiger charge is -2.26. The monoisotopic (exact) mass is 515 g/mol. The number of benzene rings is 3. The van der Waals surface area contributed by atoms with Gasteiger partial charge in [0.1, 0.15) is 23.0 Å². The van der Waals surface area contributed by atoms with Crippen LogP contribution in [-0.4, -0.2) is 36.1 Å². The number of aliphatic hydroxyl groups excluding tert-OH is 1. The van der Waals surface area contributed by atoms with E-state index in [-0.39, 0.29) is 17.4 Å². The number of Topliss-reactive ketones (excluding diaryl/α,β-unsaturated/α-hetero) is 1. The van der Waals surface area contributed by atoms with Crippen LogP contribution in [0.4, 0.5) is 5.69 Å². The maximum atomic E-state index is 13.5. The molecule has 38 heavy (non-hydrogen) atoms. The molecule has 0 aromatic heterocycles. The average Bonchev–Trinajstić information content (AvgIpc) is 3.15. The highest BCUT2D eigenvalue weighted by Gasteiger charge is 2.47. The van der Waals surface area contributed by atoms with Gasteiger partial charge in [0.25, 0.3) is 11.7 Å². The average molecular weight is 516 g/mol. The quantitative estimate of drug-likeness (QED) is 0.207. The maximum Gasteiger partial charge on any atom is 0.300 e. The number of ketones is 1. The van der Waals surface area contributed by atoms with E-state index < -0.39 is 17.7 Å². The standard InChI is InChI=1S/C31H33NO6/c1-6-36-24-12-9-11-23(18-24)32-28(21-10-8-13-25(17-21)38-19(3)4)27(30(34)31(32)35)29(33)22-14-15-26(37-7-2)20(5)16-22/h8-19,28,33H,6-7H2,1-5H3/b29-27+. The summed E-state index contributed by atoms with van der Waals surface area (Å²) in [5, 5.41) is 11.5. The Morgan fingerprint density at radius 1 is 0.921 bits per heavy atom. The number of nitrogens with zero attached hydrogens (tertiary/aromatic N) is 1. The first-order valence-electron chi connectivity index (χ1n) is 12.8. The summed E-state index contributed by atoms with van der Waals surface area (Å²) in [5.41, 5.74) is 2.35. The number of hydrogen-bond acceptors (Lipinski definition) is 6. The highest BCUT2D eigenvalue weighted by atomic mass is 16.5. The summed E-state index contributed by atoms with van der Waals surface area (Å²) >= 11 is 0. The van der Waals surface area contributed by atoms with E-state index in [1.807, 2.05) is 52.8 Å². The number of aryl methyl sites for hydroxylation is 1. The number of anilines is 1. The summed E-state index contributed by atoms with van der Waals surface area (Å²) in [6.45, 7) is 10.4. The number of aliphatic hydroxyl groups is 1. The molecule has 0 bridgehead atoms. The van der Waals surface area contributed by atoms with Gasteiger partial charge in [-0.05, 0) is 88.2 Å². The molecule has 7 heteroatoms. The van der Waals surface area contributed by atoms with Crippen LogP contribution in [0.15, 0.2) is 72.3 Å². The van der Waals surface area contributed by atoms with E-state index in [9.17, 15) is 14.7 Å². The molecule has 3 aromatic rings. The van der Waals surface area contributed by atoms with Gasteiger partial charge >= 0.3 is 0 Å². The zero-order valence-electron chi connectivity index (χ0n) is 22.4. The van der Waals surface area contributed by atoms with Gasteiger partial charge in [0, 0.05) is 17.3 Å². The molecular formula is C31H33NO6. The number of carbonyl (C=O) groups is 2. The van der Waals surface area contributed by atoms with E-state index in [4.69, 9.17) is 14.2 Å². The summed E-state index contributed by atoms with van der Waals surface area (Å²) in [5.74, 6) is 0.109. The predicted octanol–water partition coefficient (Wildman–Crippen LogP) is 6.21. The zero-order valence-corrected chi connectivity index (χ0v) is 22.4. The van der Waals surface area contributed by atoms with Crippen molar-refractivity contribution in [3.05, 3.63) is 89.0 Å². The number of hydrogen-bond donors (Lipinski definition) is 1. The summed E-state index contributed by atoms with van der Waals surface area (Å²) in [6.07, 6.45) is -0.0636. The molecule has 0 saturated carbocycles. The van der Waals surface area contributed by atoms with Gasteiger partial charge < -0.3 is 19.3 Å². The van der Waals surface area contributed by atoms with E-state index in [1.54, 1.807) is 48.5 Å². The molecule has 0 radical (unpaired) electrons. The van der Waals surface area contributed by atoms with Crippen molar-refractivity contribution in [2.24, 2.45) is 0 Å². The Hall–Kier alpha value is -4.26. The lowest BCUT2D eigenvalue weighted by atomic mass is 9.94. The van der Waals surface area contributed by atoms with E-state index in [2.05, 4.69) is 0 Å². The Kier molecular flexibility index (Phi) is 8.05. The number of ether oxygens (including phenoxy) is 3. The molecule has 0 aliphatic carbocycles. The Morgan fingerprint density at radius 2 is 1.63 bits per heavy atom. The molecule has 1 atom stereocenters. The van der Waals surface area contributed by atoms with Crippen molar-refractivity contribution in [1.82, 2.24) is 0 Å². The normalized spacial score (nSPS) is 16.7. The van der Waals surface area contributed by atoms with E-state index in [0.29, 0.717) is 47.3 Å². The molecule has 4 rings (SSSR count). The van der Waals surface area contributed by atoms with Crippen LogP contribution < -0.4 is 19.1 Å². The Labute approximate surface area is 223 Å².